The van der Waals surface area contributed by atoms with Gasteiger partial charge in [-0.25, -0.2) is 0 Å². The van der Waals surface area contributed by atoms with Crippen molar-refractivity contribution in [2.24, 2.45) is 10.7 Å². The third-order valence-corrected chi connectivity index (χ3v) is 4.64. The molecule has 0 saturated heterocycles. The van der Waals surface area contributed by atoms with Crippen LogP contribution in [0.5, 0.6) is 11.5 Å². The second kappa shape index (κ2) is 10.7. The van der Waals surface area contributed by atoms with E-state index in [1.807, 2.05) is 0 Å². The van der Waals surface area contributed by atoms with Crippen LogP contribution in [0, 0.1) is 0 Å². The summed E-state index contributed by atoms with van der Waals surface area (Å²) in [6, 6.07) is 3.04. The maximum atomic E-state index is 13.3. The molecule has 2 rings (SSSR count). The quantitative estimate of drug-likeness (QED) is 0.255. The standard InChI is InChI=1S/C21H22F6N4O4/c1-12(10-30-18(33)19(5-6-19)31-17(32)8-20(22,23)24)29-11-14(9-28)35-16-4-3-13(34-2)7-15(16)21(25,26)27/h3-4,7,9,11H,1,5-6,8,10,28H2,2H3,(H,30,33)(H,31,32)/b14-9+,29-11?. The van der Waals surface area contributed by atoms with Crippen LogP contribution in [0.15, 0.2) is 47.4 Å². The van der Waals surface area contributed by atoms with Crippen molar-refractivity contribution in [1.29, 1.82) is 0 Å². The fourth-order valence-electron chi connectivity index (χ4n) is 2.76. The highest BCUT2D eigenvalue weighted by molar-refractivity contribution is 5.94. The number of carbonyl (C=O) groups is 2. The third-order valence-electron chi connectivity index (χ3n) is 4.64. The number of nitrogens with two attached hydrogens (primary N) is 1. The summed E-state index contributed by atoms with van der Waals surface area (Å²) in [6.45, 7) is 3.30. The molecule has 0 heterocycles. The fraction of sp³-hybridized carbons (Fsp3) is 0.381. The van der Waals surface area contributed by atoms with Crippen LogP contribution in [0.1, 0.15) is 24.8 Å². The van der Waals surface area contributed by atoms with Crippen LogP contribution in [-0.4, -0.2) is 43.4 Å². The van der Waals surface area contributed by atoms with Gasteiger partial charge in [-0.1, -0.05) is 6.58 Å². The van der Waals surface area contributed by atoms with E-state index in [9.17, 15) is 35.9 Å². The van der Waals surface area contributed by atoms with Crippen molar-refractivity contribution in [3.63, 3.8) is 0 Å². The molecule has 0 unspecified atom stereocenters. The van der Waals surface area contributed by atoms with Crippen LogP contribution < -0.4 is 25.8 Å². The highest BCUT2D eigenvalue weighted by Crippen LogP contribution is 2.39. The van der Waals surface area contributed by atoms with Crippen molar-refractivity contribution in [2.75, 3.05) is 13.7 Å². The Morgan fingerprint density at radius 1 is 1.23 bits per heavy atom. The molecule has 0 spiro atoms. The highest BCUT2D eigenvalue weighted by Gasteiger charge is 2.51. The van der Waals surface area contributed by atoms with Gasteiger partial charge in [0.15, 0.2) is 5.76 Å². The van der Waals surface area contributed by atoms with E-state index < -0.39 is 47.4 Å². The molecule has 0 radical (unpaired) electrons. The summed E-state index contributed by atoms with van der Waals surface area (Å²) in [6.07, 6.45) is -9.01. The largest absolute Gasteiger partial charge is 0.497 e. The molecule has 0 aliphatic heterocycles. The number of hydrogen-bond acceptors (Lipinski definition) is 6. The Hall–Kier alpha value is -3.71. The molecule has 0 atom stereocenters. The molecule has 0 aromatic heterocycles. The number of halogens is 6. The number of benzene rings is 1. The van der Waals surface area contributed by atoms with E-state index in [-0.39, 0.29) is 36.6 Å². The van der Waals surface area contributed by atoms with E-state index in [1.54, 1.807) is 0 Å². The maximum Gasteiger partial charge on any atom is 0.420 e. The summed E-state index contributed by atoms with van der Waals surface area (Å²) in [7, 11) is 1.21. The van der Waals surface area contributed by atoms with Gasteiger partial charge in [-0.05, 0) is 31.0 Å². The number of alkyl halides is 6. The summed E-state index contributed by atoms with van der Waals surface area (Å²) >= 11 is 0. The second-order valence-electron chi connectivity index (χ2n) is 7.46. The Bertz CT molecular complexity index is 1030. The van der Waals surface area contributed by atoms with Crippen LogP contribution in [0.2, 0.25) is 0 Å². The average molecular weight is 508 g/mol. The van der Waals surface area contributed by atoms with Gasteiger partial charge in [0.2, 0.25) is 11.8 Å². The van der Waals surface area contributed by atoms with Crippen molar-refractivity contribution in [3.05, 3.63) is 48.0 Å². The number of nitrogens with one attached hydrogen (secondary N) is 2. The third kappa shape index (κ3) is 8.22. The van der Waals surface area contributed by atoms with Crippen molar-refractivity contribution in [3.8, 4) is 11.5 Å². The Balaban J connectivity index is 1.95. The zero-order valence-corrected chi connectivity index (χ0v) is 18.3. The average Bonchev–Trinajstić information content (AvgIpc) is 3.53. The van der Waals surface area contributed by atoms with Gasteiger partial charge in [0, 0.05) is 6.20 Å². The Morgan fingerprint density at radius 3 is 2.40 bits per heavy atom. The second-order valence-corrected chi connectivity index (χ2v) is 7.46. The molecule has 14 heteroatoms. The van der Waals surface area contributed by atoms with E-state index in [4.69, 9.17) is 15.2 Å². The lowest BCUT2D eigenvalue weighted by Gasteiger charge is -2.18. The molecule has 35 heavy (non-hydrogen) atoms. The number of allylic oxidation sites excluding steroid dienone is 1. The van der Waals surface area contributed by atoms with Crippen LogP contribution in [0.3, 0.4) is 0 Å². The number of nitrogens with zero attached hydrogens (tertiary/aromatic N) is 1. The van der Waals surface area contributed by atoms with Crippen LogP contribution in [-0.2, 0) is 15.8 Å². The number of methoxy groups -OCH3 is 1. The summed E-state index contributed by atoms with van der Waals surface area (Å²) in [5, 5.41) is 4.46. The molecule has 1 saturated carbocycles. The molecule has 1 aromatic carbocycles. The maximum absolute atomic E-state index is 13.3. The van der Waals surface area contributed by atoms with Crippen molar-refractivity contribution >= 4 is 18.0 Å². The van der Waals surface area contributed by atoms with Gasteiger partial charge >= 0.3 is 12.4 Å². The Kier molecular flexibility index (Phi) is 8.41. The molecule has 1 aliphatic rings. The first-order chi connectivity index (χ1) is 16.2. The summed E-state index contributed by atoms with van der Waals surface area (Å²) in [4.78, 5) is 27.6. The van der Waals surface area contributed by atoms with Crippen molar-refractivity contribution in [1.82, 2.24) is 10.6 Å². The molecule has 2 amide bonds. The lowest BCUT2D eigenvalue weighted by molar-refractivity contribution is -0.155. The predicted molar refractivity (Wildman–Crippen MR) is 112 cm³/mol. The molecular weight excluding hydrogens is 486 g/mol. The monoisotopic (exact) mass is 508 g/mol. The predicted octanol–water partition coefficient (Wildman–Crippen LogP) is 3.19. The molecule has 192 valence electrons. The van der Waals surface area contributed by atoms with Gasteiger partial charge in [0.1, 0.15) is 29.0 Å². The normalized spacial score (nSPS) is 15.5. The number of rotatable bonds is 10. The smallest absolute Gasteiger partial charge is 0.420 e. The van der Waals surface area contributed by atoms with Gasteiger partial charge in [-0.3, -0.25) is 14.6 Å². The topological polar surface area (TPSA) is 115 Å². The fourth-order valence-corrected chi connectivity index (χ4v) is 2.76. The lowest BCUT2D eigenvalue weighted by atomic mass is 10.2. The van der Waals surface area contributed by atoms with E-state index in [1.165, 1.54) is 13.2 Å². The van der Waals surface area contributed by atoms with E-state index in [0.717, 1.165) is 24.5 Å². The minimum atomic E-state index is -4.75. The molecular formula is C21H22F6N4O4. The first kappa shape index (κ1) is 27.5. The number of amides is 2. The summed E-state index contributed by atoms with van der Waals surface area (Å²) in [5.74, 6) is -2.92. The molecule has 0 bridgehead atoms. The van der Waals surface area contributed by atoms with E-state index in [0.29, 0.717) is 0 Å². The van der Waals surface area contributed by atoms with Crippen molar-refractivity contribution in [2.45, 2.75) is 37.2 Å². The number of ether oxygens (including phenoxy) is 2. The van der Waals surface area contributed by atoms with E-state index in [2.05, 4.69) is 22.2 Å². The van der Waals surface area contributed by atoms with Gasteiger partial charge in [-0.15, -0.1) is 0 Å². The molecule has 8 nitrogen and oxygen atoms in total. The zero-order chi connectivity index (χ0) is 26.4. The Morgan fingerprint density at radius 2 is 1.89 bits per heavy atom. The van der Waals surface area contributed by atoms with Gasteiger partial charge in [0.25, 0.3) is 0 Å². The minimum absolute atomic E-state index is 0.0180. The SMILES string of the molecule is C=C(CNC(=O)C1(NC(=O)CC(F)(F)F)CC1)N=C/C(=C\N)Oc1ccc(OC)cc1C(F)(F)F. The van der Waals surface area contributed by atoms with Gasteiger partial charge < -0.3 is 25.8 Å². The van der Waals surface area contributed by atoms with Crippen LogP contribution >= 0.6 is 0 Å². The molecule has 1 fully saturated rings. The first-order valence-corrected chi connectivity index (χ1v) is 9.92. The van der Waals surface area contributed by atoms with Crippen molar-refractivity contribution < 1.29 is 45.4 Å². The summed E-state index contributed by atoms with van der Waals surface area (Å²) < 4.78 is 86.9. The number of aliphatic imine (C=N–C) groups is 1. The molecule has 4 N–H and O–H groups in total. The zero-order valence-electron chi connectivity index (χ0n) is 18.3. The number of carbonyl (C=O) groups excluding carboxylic acids is 2. The molecule has 1 aromatic rings. The minimum Gasteiger partial charge on any atom is -0.497 e. The van der Waals surface area contributed by atoms with Crippen LogP contribution in [0.4, 0.5) is 26.3 Å². The lowest BCUT2D eigenvalue weighted by Crippen LogP contribution is -2.50. The van der Waals surface area contributed by atoms with Gasteiger partial charge in [0.05, 0.1) is 25.6 Å². The first-order valence-electron chi connectivity index (χ1n) is 9.92. The Labute approximate surface area is 195 Å². The van der Waals surface area contributed by atoms with E-state index >= 15 is 0 Å². The molecule has 1 aliphatic carbocycles. The number of hydrogen-bond donors (Lipinski definition) is 3. The summed E-state index contributed by atoms with van der Waals surface area (Å²) in [5.41, 5.74) is 2.87. The van der Waals surface area contributed by atoms with Crippen LogP contribution in [0.25, 0.3) is 0 Å². The van der Waals surface area contributed by atoms with Gasteiger partial charge in [-0.2, -0.15) is 26.3 Å². The highest BCUT2D eigenvalue weighted by atomic mass is 19.4.